The molecule has 1 aromatic heterocycles. The topological polar surface area (TPSA) is 55.0 Å². The molecule has 1 aliphatic heterocycles. The summed E-state index contributed by atoms with van der Waals surface area (Å²) in [5, 5.41) is 0.423. The first kappa shape index (κ1) is 12.5. The molecule has 0 amide bonds. The number of esters is 1. The van der Waals surface area contributed by atoms with Gasteiger partial charge in [0.05, 0.1) is 23.4 Å². The maximum atomic E-state index is 11.7. The van der Waals surface area contributed by atoms with Crippen molar-refractivity contribution in [1.82, 2.24) is 9.97 Å². The first-order valence-electron chi connectivity index (χ1n) is 6.48. The Hall–Kier alpha value is -1.49. The average Bonchev–Trinajstić information content (AvgIpc) is 2.91. The van der Waals surface area contributed by atoms with Crippen molar-refractivity contribution in [3.63, 3.8) is 0 Å². The fourth-order valence-corrected chi connectivity index (χ4v) is 3.69. The Bertz CT molecular complexity index is 603. The summed E-state index contributed by atoms with van der Waals surface area (Å²) in [6, 6.07) is 5.56. The van der Waals surface area contributed by atoms with E-state index in [1.165, 1.54) is 25.7 Å². The monoisotopic (exact) mass is 276 g/mol. The van der Waals surface area contributed by atoms with Crippen LogP contribution in [-0.4, -0.2) is 28.8 Å². The van der Waals surface area contributed by atoms with E-state index in [1.54, 1.807) is 6.07 Å². The Morgan fingerprint density at radius 2 is 2.37 bits per heavy atom. The number of nitrogens with one attached hydrogen (secondary N) is 1. The number of thioether (sulfide) groups is 1. The molecule has 1 fully saturated rings. The van der Waals surface area contributed by atoms with Crippen molar-refractivity contribution in [3.8, 4) is 0 Å². The molecule has 1 saturated heterocycles. The largest absolute Gasteiger partial charge is 0.465 e. The second-order valence-electron chi connectivity index (χ2n) is 4.67. The number of benzene rings is 1. The van der Waals surface area contributed by atoms with Crippen LogP contribution < -0.4 is 0 Å². The van der Waals surface area contributed by atoms with Gasteiger partial charge in [-0.05, 0) is 30.7 Å². The minimum absolute atomic E-state index is 0.333. The van der Waals surface area contributed by atoms with Crippen LogP contribution in [0.1, 0.15) is 40.7 Å². The third-order valence-electron chi connectivity index (χ3n) is 3.42. The van der Waals surface area contributed by atoms with Gasteiger partial charge in [0.1, 0.15) is 11.3 Å². The molecule has 2 aromatic rings. The van der Waals surface area contributed by atoms with Crippen molar-refractivity contribution < 1.29 is 9.53 Å². The van der Waals surface area contributed by atoms with Gasteiger partial charge in [-0.1, -0.05) is 12.5 Å². The van der Waals surface area contributed by atoms with Crippen molar-refractivity contribution in [2.45, 2.75) is 24.5 Å². The molecule has 2 heterocycles. The van der Waals surface area contributed by atoms with E-state index in [1.807, 2.05) is 23.9 Å². The summed E-state index contributed by atoms with van der Waals surface area (Å²) in [6.45, 7) is 0. The van der Waals surface area contributed by atoms with Crippen LogP contribution in [0.5, 0.6) is 0 Å². The predicted octanol–water partition coefficient (Wildman–Crippen LogP) is 3.31. The summed E-state index contributed by atoms with van der Waals surface area (Å²) in [4.78, 5) is 19.7. The summed E-state index contributed by atoms with van der Waals surface area (Å²) in [5.74, 6) is 1.84. The molecule has 1 aliphatic rings. The number of hydrogen-bond acceptors (Lipinski definition) is 4. The van der Waals surface area contributed by atoms with Gasteiger partial charge in [0.25, 0.3) is 0 Å². The first-order valence-corrected chi connectivity index (χ1v) is 7.53. The van der Waals surface area contributed by atoms with Gasteiger partial charge in [-0.25, -0.2) is 9.78 Å². The zero-order valence-corrected chi connectivity index (χ0v) is 11.6. The van der Waals surface area contributed by atoms with Crippen molar-refractivity contribution in [3.05, 3.63) is 29.6 Å². The molecule has 0 spiro atoms. The van der Waals surface area contributed by atoms with Crippen LogP contribution in [0, 0.1) is 0 Å². The van der Waals surface area contributed by atoms with Crippen molar-refractivity contribution in [2.75, 3.05) is 12.9 Å². The van der Waals surface area contributed by atoms with E-state index in [2.05, 4.69) is 9.97 Å². The molecule has 4 nitrogen and oxygen atoms in total. The minimum Gasteiger partial charge on any atom is -0.465 e. The summed E-state index contributed by atoms with van der Waals surface area (Å²) in [7, 11) is 1.39. The maximum Gasteiger partial charge on any atom is 0.340 e. The Kier molecular flexibility index (Phi) is 3.46. The quantitative estimate of drug-likeness (QED) is 0.855. The van der Waals surface area contributed by atoms with Crippen molar-refractivity contribution in [1.29, 1.82) is 0 Å². The molecule has 100 valence electrons. The molecule has 1 aromatic carbocycles. The smallest absolute Gasteiger partial charge is 0.340 e. The van der Waals surface area contributed by atoms with E-state index < -0.39 is 0 Å². The molecule has 3 rings (SSSR count). The van der Waals surface area contributed by atoms with Crippen LogP contribution >= 0.6 is 11.8 Å². The van der Waals surface area contributed by atoms with Crippen molar-refractivity contribution >= 4 is 28.8 Å². The molecule has 1 N–H and O–H groups in total. The Labute approximate surface area is 115 Å². The first-order chi connectivity index (χ1) is 9.29. The number of imidazole rings is 1. The highest BCUT2D eigenvalue weighted by Crippen LogP contribution is 2.37. The van der Waals surface area contributed by atoms with Crippen molar-refractivity contribution in [2.24, 2.45) is 0 Å². The van der Waals surface area contributed by atoms with Gasteiger partial charge < -0.3 is 9.72 Å². The fourth-order valence-electron chi connectivity index (χ4n) is 2.43. The van der Waals surface area contributed by atoms with Gasteiger partial charge in [-0.15, -0.1) is 0 Å². The molecule has 1 unspecified atom stereocenters. The normalized spacial score (nSPS) is 19.5. The van der Waals surface area contributed by atoms with E-state index in [4.69, 9.17) is 4.74 Å². The van der Waals surface area contributed by atoms with Crippen LogP contribution in [0.3, 0.4) is 0 Å². The van der Waals surface area contributed by atoms with E-state index in [0.29, 0.717) is 10.8 Å². The SMILES string of the molecule is COC(=O)c1cccc2[nH]c(C3CCCCS3)nc12. The molecule has 0 saturated carbocycles. The van der Waals surface area contributed by atoms with Gasteiger partial charge in [0.15, 0.2) is 0 Å². The predicted molar refractivity (Wildman–Crippen MR) is 76.5 cm³/mol. The van der Waals surface area contributed by atoms with Crippen LogP contribution in [0.2, 0.25) is 0 Å². The second-order valence-corrected chi connectivity index (χ2v) is 5.98. The molecule has 5 heteroatoms. The molecular formula is C14H16N2O2S. The fraction of sp³-hybridized carbons (Fsp3) is 0.429. The average molecular weight is 276 g/mol. The van der Waals surface area contributed by atoms with Crippen LogP contribution in [0.4, 0.5) is 0 Å². The molecule has 19 heavy (non-hydrogen) atoms. The lowest BCUT2D eigenvalue weighted by atomic mass is 10.2. The Balaban J connectivity index is 2.02. The number of nitrogens with zero attached hydrogens (tertiary/aromatic N) is 1. The standard InChI is InChI=1S/C14H16N2O2S/c1-18-14(17)9-5-4-6-10-12(9)16-13(15-10)11-7-2-3-8-19-11/h4-6,11H,2-3,7-8H2,1H3,(H,15,16). The van der Waals surface area contributed by atoms with E-state index >= 15 is 0 Å². The van der Waals surface area contributed by atoms with Gasteiger partial charge in [-0.3, -0.25) is 0 Å². The van der Waals surface area contributed by atoms with Crippen LogP contribution in [0.15, 0.2) is 18.2 Å². The van der Waals surface area contributed by atoms with E-state index in [0.717, 1.165) is 23.3 Å². The number of ether oxygens (including phenoxy) is 1. The third kappa shape index (κ3) is 2.34. The number of aromatic amines is 1. The molecule has 0 bridgehead atoms. The highest BCUT2D eigenvalue weighted by Gasteiger charge is 2.21. The zero-order valence-electron chi connectivity index (χ0n) is 10.8. The van der Waals surface area contributed by atoms with E-state index in [9.17, 15) is 4.79 Å². The maximum absolute atomic E-state index is 11.7. The molecule has 0 aliphatic carbocycles. The lowest BCUT2D eigenvalue weighted by Gasteiger charge is -2.18. The van der Waals surface area contributed by atoms with Crippen LogP contribution in [-0.2, 0) is 4.74 Å². The third-order valence-corrected chi connectivity index (χ3v) is 4.81. The number of rotatable bonds is 2. The number of fused-ring (bicyclic) bond motifs is 1. The molecule has 0 radical (unpaired) electrons. The summed E-state index contributed by atoms with van der Waals surface area (Å²) >= 11 is 1.94. The number of aromatic nitrogens is 2. The van der Waals surface area contributed by atoms with Gasteiger partial charge in [-0.2, -0.15) is 11.8 Å². The second kappa shape index (κ2) is 5.25. The van der Waals surface area contributed by atoms with Gasteiger partial charge >= 0.3 is 5.97 Å². The molecule has 1 atom stereocenters. The summed E-state index contributed by atoms with van der Waals surface area (Å²) in [5.41, 5.74) is 2.16. The van der Waals surface area contributed by atoms with Crippen LogP contribution in [0.25, 0.3) is 11.0 Å². The van der Waals surface area contributed by atoms with Gasteiger partial charge in [0, 0.05) is 0 Å². The highest BCUT2D eigenvalue weighted by atomic mass is 32.2. The number of para-hydroxylation sites is 1. The number of methoxy groups -OCH3 is 1. The van der Waals surface area contributed by atoms with E-state index in [-0.39, 0.29) is 5.97 Å². The lowest BCUT2D eigenvalue weighted by molar-refractivity contribution is 0.0603. The lowest BCUT2D eigenvalue weighted by Crippen LogP contribution is -2.04. The molecular weight excluding hydrogens is 260 g/mol. The number of H-pyrrole nitrogens is 1. The summed E-state index contributed by atoms with van der Waals surface area (Å²) < 4.78 is 4.80. The Morgan fingerprint density at radius 3 is 3.11 bits per heavy atom. The zero-order chi connectivity index (χ0) is 13.2. The minimum atomic E-state index is -0.333. The van der Waals surface area contributed by atoms with Gasteiger partial charge in [0.2, 0.25) is 0 Å². The summed E-state index contributed by atoms with van der Waals surface area (Å²) in [6.07, 6.45) is 3.69. The number of carbonyl (C=O) groups is 1. The Morgan fingerprint density at radius 1 is 1.47 bits per heavy atom. The highest BCUT2D eigenvalue weighted by molar-refractivity contribution is 7.99. The number of hydrogen-bond donors (Lipinski definition) is 1. The number of carbonyl (C=O) groups excluding carboxylic acids is 1.